The number of anilines is 3. The molecule has 1 aliphatic carbocycles. The minimum Gasteiger partial charge on any atom is -0.329 e. The number of fused-ring (bicyclic) bond motifs is 6. The summed E-state index contributed by atoms with van der Waals surface area (Å²) in [6.07, 6.45) is 15.5. The van der Waals surface area contributed by atoms with Gasteiger partial charge in [-0.25, -0.2) is 0 Å². The highest BCUT2D eigenvalue weighted by atomic mass is 15.4. The molecule has 4 aromatic rings. The van der Waals surface area contributed by atoms with Gasteiger partial charge in [0.15, 0.2) is 11.9 Å². The van der Waals surface area contributed by atoms with Crippen molar-refractivity contribution in [2.75, 3.05) is 42.9 Å². The number of benzene rings is 4. The summed E-state index contributed by atoms with van der Waals surface area (Å²) in [5, 5.41) is 5.23. The van der Waals surface area contributed by atoms with Crippen LogP contribution < -0.4 is 19.6 Å². The number of rotatable bonds is 3. The van der Waals surface area contributed by atoms with Crippen LogP contribution in [0.5, 0.6) is 0 Å². The first-order valence-corrected chi connectivity index (χ1v) is 14.4. The maximum Gasteiger partial charge on any atom is 0.187 e. The summed E-state index contributed by atoms with van der Waals surface area (Å²) in [4.78, 5) is 8.51. The molecule has 0 saturated heterocycles. The van der Waals surface area contributed by atoms with E-state index in [9.17, 15) is 0 Å². The predicted octanol–water partition coefficient (Wildman–Crippen LogP) is 6.94. The van der Waals surface area contributed by atoms with Crippen LogP contribution in [0.25, 0.3) is 21.5 Å². The number of nitrogens with one attached hydrogen (secondary N) is 1. The lowest BCUT2D eigenvalue weighted by atomic mass is 9.94. The lowest BCUT2D eigenvalue weighted by Crippen LogP contribution is -3.07. The summed E-state index contributed by atoms with van der Waals surface area (Å²) in [5.41, 5.74) is 8.09. The number of hydrogen-bond donors (Lipinski definition) is 1. The van der Waals surface area contributed by atoms with Crippen molar-refractivity contribution in [1.82, 2.24) is 0 Å². The molecule has 2 atom stereocenters. The van der Waals surface area contributed by atoms with E-state index in [-0.39, 0.29) is 6.17 Å². The summed E-state index contributed by atoms with van der Waals surface area (Å²) < 4.78 is 0. The molecular weight excluding hydrogens is 488 g/mol. The molecule has 4 aromatic carbocycles. The van der Waals surface area contributed by atoms with Gasteiger partial charge in [-0.05, 0) is 65.5 Å². The van der Waals surface area contributed by atoms with Crippen molar-refractivity contribution >= 4 is 44.3 Å². The monoisotopic (exact) mass is 525 g/mol. The fourth-order valence-corrected chi connectivity index (χ4v) is 6.91. The SMILES string of the molecule is CN1/C(=C/C=C2C=C(/C=C/C3N(C)c4c(ccc5ccccc45)[NH+]3C)CCC/2)N(C)c2c1ccc1ccccc21. The zero-order valence-electron chi connectivity index (χ0n) is 23.9. The molecule has 0 aromatic heterocycles. The second kappa shape index (κ2) is 9.72. The molecule has 40 heavy (non-hydrogen) atoms. The number of hydrogen-bond acceptors (Lipinski definition) is 3. The Labute approximate surface area is 237 Å². The summed E-state index contributed by atoms with van der Waals surface area (Å²) in [5.74, 6) is 1.21. The largest absolute Gasteiger partial charge is 0.329 e. The van der Waals surface area contributed by atoms with Crippen LogP contribution in [0.3, 0.4) is 0 Å². The second-order valence-corrected chi connectivity index (χ2v) is 11.4. The fraction of sp³-hybridized carbons (Fsp3) is 0.222. The van der Waals surface area contributed by atoms with Crippen LogP contribution in [0.2, 0.25) is 0 Å². The second-order valence-electron chi connectivity index (χ2n) is 11.4. The van der Waals surface area contributed by atoms with Crippen LogP contribution in [-0.2, 0) is 0 Å². The Morgan fingerprint density at radius 1 is 0.750 bits per heavy atom. The zero-order valence-corrected chi connectivity index (χ0v) is 23.9. The Morgan fingerprint density at radius 3 is 2.23 bits per heavy atom. The van der Waals surface area contributed by atoms with Crippen LogP contribution in [-0.4, -0.2) is 34.4 Å². The average Bonchev–Trinajstić information content (AvgIpc) is 3.39. The Hall–Kier alpha value is -4.28. The lowest BCUT2D eigenvalue weighted by Gasteiger charge is -2.21. The molecule has 2 heterocycles. The molecular formula is C36H37N4+. The van der Waals surface area contributed by atoms with Crippen molar-refractivity contribution in [2.24, 2.45) is 0 Å². The van der Waals surface area contributed by atoms with Gasteiger partial charge in [0, 0.05) is 38.0 Å². The van der Waals surface area contributed by atoms with Gasteiger partial charge in [0.25, 0.3) is 0 Å². The van der Waals surface area contributed by atoms with E-state index in [1.165, 1.54) is 72.6 Å². The van der Waals surface area contributed by atoms with E-state index in [4.69, 9.17) is 0 Å². The van der Waals surface area contributed by atoms with E-state index < -0.39 is 0 Å². The molecule has 7 rings (SSSR count). The van der Waals surface area contributed by atoms with Gasteiger partial charge in [0.05, 0.1) is 18.4 Å². The van der Waals surface area contributed by atoms with Crippen LogP contribution >= 0.6 is 0 Å². The number of nitrogens with zero attached hydrogens (tertiary/aromatic N) is 3. The normalized spacial score (nSPS) is 22.7. The number of allylic oxidation sites excluding steroid dienone is 6. The van der Waals surface area contributed by atoms with Crippen LogP contribution in [0, 0.1) is 0 Å². The molecule has 0 bridgehead atoms. The molecule has 2 unspecified atom stereocenters. The van der Waals surface area contributed by atoms with E-state index in [1.807, 2.05) is 0 Å². The van der Waals surface area contributed by atoms with Crippen molar-refractivity contribution < 1.29 is 4.90 Å². The first-order chi connectivity index (χ1) is 19.5. The molecule has 200 valence electrons. The number of likely N-dealkylation sites (N-methyl/N-ethyl adjacent to an activating group) is 2. The van der Waals surface area contributed by atoms with Gasteiger partial charge in [-0.2, -0.15) is 0 Å². The highest BCUT2D eigenvalue weighted by molar-refractivity contribution is 6.04. The molecule has 2 aliphatic heterocycles. The van der Waals surface area contributed by atoms with Crippen LogP contribution in [0.1, 0.15) is 19.3 Å². The predicted molar refractivity (Wildman–Crippen MR) is 171 cm³/mol. The molecule has 0 radical (unpaired) electrons. The highest BCUT2D eigenvalue weighted by Gasteiger charge is 2.35. The third-order valence-electron chi connectivity index (χ3n) is 9.04. The Balaban J connectivity index is 1.14. The first kappa shape index (κ1) is 24.7. The molecule has 4 heteroatoms. The van der Waals surface area contributed by atoms with E-state index in [1.54, 1.807) is 0 Å². The Morgan fingerprint density at radius 2 is 1.45 bits per heavy atom. The molecule has 4 nitrogen and oxygen atoms in total. The Kier molecular flexibility index (Phi) is 6.01. The van der Waals surface area contributed by atoms with Crippen molar-refractivity contribution in [3.63, 3.8) is 0 Å². The van der Waals surface area contributed by atoms with Crippen molar-refractivity contribution in [3.8, 4) is 0 Å². The van der Waals surface area contributed by atoms with Crippen LogP contribution in [0.4, 0.5) is 22.7 Å². The minimum atomic E-state index is 0.285. The van der Waals surface area contributed by atoms with Gasteiger partial charge in [0.2, 0.25) is 0 Å². The molecule has 0 amide bonds. The summed E-state index contributed by atoms with van der Waals surface area (Å²) in [6, 6.07) is 26.4. The minimum absolute atomic E-state index is 0.285. The molecule has 3 aliphatic rings. The molecule has 0 fully saturated rings. The van der Waals surface area contributed by atoms with Crippen molar-refractivity contribution in [3.05, 3.63) is 120 Å². The van der Waals surface area contributed by atoms with E-state index in [0.717, 1.165) is 12.8 Å². The zero-order chi connectivity index (χ0) is 27.4. The van der Waals surface area contributed by atoms with Gasteiger partial charge >= 0.3 is 0 Å². The third kappa shape index (κ3) is 3.94. The third-order valence-corrected chi connectivity index (χ3v) is 9.04. The standard InChI is InChI=1S/C36H36N4/c1-37-31-20-18-27-12-5-7-14-29(27)35(31)39(3)33(37)22-16-25-10-9-11-26(24-25)17-23-34-38(2)32-21-19-28-13-6-8-15-30(28)36(32)40(34)4/h5-8,12-24,33H,9-11H2,1-4H3/p+1/b22-16+,26-17+,34-23-. The van der Waals surface area contributed by atoms with E-state index >= 15 is 0 Å². The smallest absolute Gasteiger partial charge is 0.187 e. The maximum absolute atomic E-state index is 2.45. The van der Waals surface area contributed by atoms with Gasteiger partial charge in [0.1, 0.15) is 11.5 Å². The maximum atomic E-state index is 2.45. The van der Waals surface area contributed by atoms with Crippen molar-refractivity contribution in [1.29, 1.82) is 0 Å². The fourth-order valence-electron chi connectivity index (χ4n) is 6.91. The van der Waals surface area contributed by atoms with Gasteiger partial charge < -0.3 is 14.7 Å². The molecule has 0 spiro atoms. The molecule has 0 saturated carbocycles. The molecule has 1 N–H and O–H groups in total. The van der Waals surface area contributed by atoms with Crippen molar-refractivity contribution in [2.45, 2.75) is 25.4 Å². The first-order valence-electron chi connectivity index (χ1n) is 14.4. The van der Waals surface area contributed by atoms with Gasteiger partial charge in [-0.1, -0.05) is 72.8 Å². The Bertz CT molecular complexity index is 1760. The number of quaternary nitrogens is 1. The summed E-state index contributed by atoms with van der Waals surface area (Å²) in [7, 11) is 8.88. The summed E-state index contributed by atoms with van der Waals surface area (Å²) >= 11 is 0. The quantitative estimate of drug-likeness (QED) is 0.312. The topological polar surface area (TPSA) is 14.2 Å². The highest BCUT2D eigenvalue weighted by Crippen LogP contribution is 2.44. The van der Waals surface area contributed by atoms with E-state index in [2.05, 4.69) is 146 Å². The summed E-state index contributed by atoms with van der Waals surface area (Å²) in [6.45, 7) is 0. The van der Waals surface area contributed by atoms with E-state index in [0.29, 0.717) is 0 Å². The lowest BCUT2D eigenvalue weighted by molar-refractivity contribution is -0.823. The van der Waals surface area contributed by atoms with Gasteiger partial charge in [-0.15, -0.1) is 0 Å². The average molecular weight is 526 g/mol. The van der Waals surface area contributed by atoms with Gasteiger partial charge in [-0.3, -0.25) is 4.90 Å². The van der Waals surface area contributed by atoms with Crippen LogP contribution in [0.15, 0.2) is 120 Å².